The van der Waals surface area contributed by atoms with Crippen molar-refractivity contribution in [3.63, 3.8) is 0 Å². The molecule has 1 heterocycles. The van der Waals surface area contributed by atoms with Crippen molar-refractivity contribution in [2.45, 2.75) is 32.8 Å². The predicted molar refractivity (Wildman–Crippen MR) is 55.1 cm³/mol. The molecule has 0 saturated carbocycles. The average molecular weight is 206 g/mol. The van der Waals surface area contributed by atoms with E-state index in [-0.39, 0.29) is 11.8 Å². The van der Waals surface area contributed by atoms with Crippen LogP contribution in [0.3, 0.4) is 0 Å². The highest BCUT2D eigenvalue weighted by Crippen LogP contribution is 2.54. The van der Waals surface area contributed by atoms with Crippen molar-refractivity contribution in [1.29, 1.82) is 0 Å². The van der Waals surface area contributed by atoms with E-state index in [1.807, 2.05) is 20.8 Å². The molecule has 2 rings (SSSR count). The minimum absolute atomic E-state index is 0.0342. The lowest BCUT2D eigenvalue weighted by molar-refractivity contribution is -0.146. The van der Waals surface area contributed by atoms with Crippen LogP contribution in [0.5, 0.6) is 0 Å². The Bertz CT molecular complexity index is 417. The maximum Gasteiger partial charge on any atom is 0.335 e. The van der Waals surface area contributed by atoms with Gasteiger partial charge in [-0.3, -0.25) is 4.79 Å². The zero-order chi connectivity index (χ0) is 11.4. The molecule has 0 bridgehead atoms. The first-order valence-corrected chi connectivity index (χ1v) is 4.95. The summed E-state index contributed by atoms with van der Waals surface area (Å²) >= 11 is 0. The number of ketones is 1. The highest BCUT2D eigenvalue weighted by molar-refractivity contribution is 6.00. The van der Waals surface area contributed by atoms with E-state index >= 15 is 0 Å². The summed E-state index contributed by atoms with van der Waals surface area (Å²) in [5.74, 6) is -0.352. The molecule has 0 unspecified atom stereocenters. The van der Waals surface area contributed by atoms with Crippen LogP contribution in [0.2, 0.25) is 0 Å². The van der Waals surface area contributed by atoms with Crippen molar-refractivity contribution in [1.82, 2.24) is 0 Å². The van der Waals surface area contributed by atoms with Gasteiger partial charge in [0, 0.05) is 17.4 Å². The van der Waals surface area contributed by atoms with Gasteiger partial charge in [-0.1, -0.05) is 13.5 Å². The van der Waals surface area contributed by atoms with Crippen LogP contribution in [0.4, 0.5) is 0 Å². The molecule has 0 aromatic heterocycles. The number of allylic oxidation sites excluding steroid dienone is 1. The van der Waals surface area contributed by atoms with E-state index in [0.717, 1.165) is 5.57 Å². The molecule has 0 radical (unpaired) electrons. The van der Waals surface area contributed by atoms with Crippen LogP contribution in [-0.4, -0.2) is 17.4 Å². The fraction of sp³-hybridized carbons (Fsp3) is 0.500. The third kappa shape index (κ3) is 1.01. The second-order valence-corrected chi connectivity index (χ2v) is 4.70. The van der Waals surface area contributed by atoms with Crippen molar-refractivity contribution >= 4 is 11.8 Å². The van der Waals surface area contributed by atoms with Crippen LogP contribution < -0.4 is 0 Å². The second-order valence-electron chi connectivity index (χ2n) is 4.70. The lowest BCUT2D eigenvalue weighted by Gasteiger charge is -2.41. The Labute approximate surface area is 88.8 Å². The number of hydrogen-bond donors (Lipinski definition) is 0. The summed E-state index contributed by atoms with van der Waals surface area (Å²) in [6.45, 7) is 9.29. The van der Waals surface area contributed by atoms with Gasteiger partial charge in [0.1, 0.15) is 5.60 Å². The van der Waals surface area contributed by atoms with E-state index in [1.165, 1.54) is 0 Å². The Morgan fingerprint density at radius 2 is 2.00 bits per heavy atom. The molecule has 1 saturated heterocycles. The molecule has 1 aliphatic heterocycles. The summed E-state index contributed by atoms with van der Waals surface area (Å²) in [4.78, 5) is 23.1. The van der Waals surface area contributed by atoms with Gasteiger partial charge in [-0.25, -0.2) is 4.79 Å². The smallest absolute Gasteiger partial charge is 0.335 e. The van der Waals surface area contributed by atoms with E-state index < -0.39 is 11.0 Å². The van der Waals surface area contributed by atoms with E-state index in [0.29, 0.717) is 12.0 Å². The summed E-state index contributed by atoms with van der Waals surface area (Å²) in [5, 5.41) is 0. The number of hydrogen-bond acceptors (Lipinski definition) is 3. The van der Waals surface area contributed by atoms with Crippen molar-refractivity contribution in [3.05, 3.63) is 23.8 Å². The van der Waals surface area contributed by atoms with Gasteiger partial charge >= 0.3 is 5.97 Å². The van der Waals surface area contributed by atoms with E-state index in [4.69, 9.17) is 4.74 Å². The lowest BCUT2D eigenvalue weighted by Crippen LogP contribution is -2.46. The van der Waals surface area contributed by atoms with Gasteiger partial charge in [-0.2, -0.15) is 0 Å². The summed E-state index contributed by atoms with van der Waals surface area (Å²) < 4.78 is 5.37. The Morgan fingerprint density at radius 3 is 2.60 bits per heavy atom. The quantitative estimate of drug-likeness (QED) is 0.448. The van der Waals surface area contributed by atoms with Crippen LogP contribution in [0.1, 0.15) is 27.2 Å². The molecule has 3 nitrogen and oxygen atoms in total. The topological polar surface area (TPSA) is 43.4 Å². The van der Waals surface area contributed by atoms with Crippen LogP contribution >= 0.6 is 0 Å². The van der Waals surface area contributed by atoms with Crippen LogP contribution in [-0.2, 0) is 14.3 Å². The van der Waals surface area contributed by atoms with E-state index in [1.54, 1.807) is 6.08 Å². The molecule has 0 amide bonds. The van der Waals surface area contributed by atoms with Gasteiger partial charge in [0.2, 0.25) is 0 Å². The molecule has 2 aliphatic rings. The SMILES string of the molecule is C=C1C(=O)O[C@@]2(C)C(C)=CC(=O)C[C@@]12C. The number of ether oxygens (including phenoxy) is 1. The normalized spacial score (nSPS) is 39.9. The minimum Gasteiger partial charge on any atom is -0.450 e. The van der Waals surface area contributed by atoms with Gasteiger partial charge in [0.25, 0.3) is 0 Å². The van der Waals surface area contributed by atoms with Crippen molar-refractivity contribution < 1.29 is 14.3 Å². The number of carbonyl (C=O) groups excluding carboxylic acids is 2. The first kappa shape index (κ1) is 10.1. The minimum atomic E-state index is -0.699. The first-order valence-electron chi connectivity index (χ1n) is 4.95. The molecule has 0 spiro atoms. The van der Waals surface area contributed by atoms with Gasteiger partial charge in [-0.15, -0.1) is 0 Å². The van der Waals surface area contributed by atoms with Gasteiger partial charge in [-0.05, 0) is 25.5 Å². The highest BCUT2D eigenvalue weighted by atomic mass is 16.6. The number of carbonyl (C=O) groups is 2. The largest absolute Gasteiger partial charge is 0.450 e. The number of esters is 1. The summed E-state index contributed by atoms with van der Waals surface area (Å²) in [6, 6.07) is 0. The Balaban J connectivity index is 2.64. The monoisotopic (exact) mass is 206 g/mol. The van der Waals surface area contributed by atoms with E-state index in [2.05, 4.69) is 6.58 Å². The Hall–Kier alpha value is -1.38. The Morgan fingerprint density at radius 1 is 1.40 bits per heavy atom. The van der Waals surface area contributed by atoms with Crippen molar-refractivity contribution in [2.75, 3.05) is 0 Å². The second kappa shape index (κ2) is 2.60. The molecule has 1 fully saturated rings. The molecule has 3 heteroatoms. The summed E-state index contributed by atoms with van der Waals surface area (Å²) in [6.07, 6.45) is 1.86. The zero-order valence-corrected chi connectivity index (χ0v) is 9.22. The van der Waals surface area contributed by atoms with Crippen molar-refractivity contribution in [3.8, 4) is 0 Å². The first-order chi connectivity index (χ1) is 6.81. The van der Waals surface area contributed by atoms with Gasteiger partial charge in [0.15, 0.2) is 5.78 Å². The average Bonchev–Trinajstić information content (AvgIpc) is 2.28. The fourth-order valence-electron chi connectivity index (χ4n) is 2.44. The highest BCUT2D eigenvalue weighted by Gasteiger charge is 2.60. The predicted octanol–water partition coefficient (Wildman–Crippen LogP) is 1.78. The molecule has 2 atom stereocenters. The number of fused-ring (bicyclic) bond motifs is 1. The summed E-state index contributed by atoms with van der Waals surface area (Å²) in [7, 11) is 0. The molecule has 80 valence electrons. The van der Waals surface area contributed by atoms with Crippen LogP contribution in [0, 0.1) is 5.41 Å². The molecule has 1 aliphatic carbocycles. The van der Waals surface area contributed by atoms with Crippen LogP contribution in [0.25, 0.3) is 0 Å². The third-order valence-electron chi connectivity index (χ3n) is 3.92. The van der Waals surface area contributed by atoms with Crippen LogP contribution in [0.15, 0.2) is 23.8 Å². The standard InChI is InChI=1S/C12H14O3/c1-7-5-9(13)6-11(3)8(2)10(14)15-12(7,11)4/h5H,2,6H2,1,3-4H3/t11-,12-/m0/s1. The van der Waals surface area contributed by atoms with E-state index in [9.17, 15) is 9.59 Å². The summed E-state index contributed by atoms with van der Waals surface area (Å²) in [5.41, 5.74) is -0.0752. The van der Waals surface area contributed by atoms with Gasteiger partial charge in [0.05, 0.1) is 0 Å². The maximum absolute atomic E-state index is 11.5. The lowest BCUT2D eigenvalue weighted by atomic mass is 9.63. The molecular formula is C12H14O3. The Kier molecular flexibility index (Phi) is 1.76. The maximum atomic E-state index is 11.5. The third-order valence-corrected chi connectivity index (χ3v) is 3.92. The van der Waals surface area contributed by atoms with Gasteiger partial charge < -0.3 is 4.74 Å². The fourth-order valence-corrected chi connectivity index (χ4v) is 2.44. The number of rotatable bonds is 0. The molecule has 0 N–H and O–H groups in total. The molecule has 15 heavy (non-hydrogen) atoms. The molecule has 0 aromatic carbocycles. The molecule has 0 aromatic rings. The molecular weight excluding hydrogens is 192 g/mol. The van der Waals surface area contributed by atoms with Crippen molar-refractivity contribution in [2.24, 2.45) is 5.41 Å². The zero-order valence-electron chi connectivity index (χ0n) is 9.22.